The Labute approximate surface area is 185 Å². The molecule has 32 heavy (non-hydrogen) atoms. The van der Waals surface area contributed by atoms with Gasteiger partial charge in [-0.3, -0.25) is 10.1 Å². The molecule has 5 aromatic rings. The van der Waals surface area contributed by atoms with Gasteiger partial charge < -0.3 is 0 Å². The van der Waals surface area contributed by atoms with Crippen LogP contribution in [0.4, 0.5) is 5.69 Å². The predicted octanol–water partition coefficient (Wildman–Crippen LogP) is 5.75. The Hall–Kier alpha value is -4.25. The van der Waals surface area contributed by atoms with Gasteiger partial charge in [0.2, 0.25) is 6.33 Å². The summed E-state index contributed by atoms with van der Waals surface area (Å²) in [5.74, 6) is 0. The Morgan fingerprint density at radius 1 is 0.875 bits per heavy atom. The standard InChI is InChI=1S/C27H22N3O2/c31-30(32)25-15-12-21(13-16-25)6-5-17-28-20-29(27-10-4-3-9-26(27)28)19-22-11-14-23-7-1-2-8-24(23)18-22/h1-16,18,20H,17,19H2/q+1/b6-5+. The summed E-state index contributed by atoms with van der Waals surface area (Å²) in [5.41, 5.74) is 4.66. The molecule has 0 aliphatic heterocycles. The number of rotatable bonds is 6. The van der Waals surface area contributed by atoms with Gasteiger partial charge in [0.15, 0.2) is 11.0 Å². The van der Waals surface area contributed by atoms with Crippen molar-refractivity contribution in [2.24, 2.45) is 0 Å². The molecule has 156 valence electrons. The number of nitro benzene ring substituents is 1. The van der Waals surface area contributed by atoms with Crippen LogP contribution in [-0.4, -0.2) is 9.49 Å². The molecule has 1 heterocycles. The van der Waals surface area contributed by atoms with Crippen molar-refractivity contribution in [1.82, 2.24) is 4.57 Å². The van der Waals surface area contributed by atoms with Crippen molar-refractivity contribution in [1.29, 1.82) is 0 Å². The molecule has 1 aromatic heterocycles. The molecule has 5 heteroatoms. The fourth-order valence-electron chi connectivity index (χ4n) is 4.06. The summed E-state index contributed by atoms with van der Waals surface area (Å²) in [6, 6.07) is 30.0. The Morgan fingerprint density at radius 2 is 1.62 bits per heavy atom. The number of hydrogen-bond acceptors (Lipinski definition) is 2. The largest absolute Gasteiger partial charge is 0.269 e. The second kappa shape index (κ2) is 8.47. The summed E-state index contributed by atoms with van der Waals surface area (Å²) in [7, 11) is 0. The average Bonchev–Trinajstić information content (AvgIpc) is 3.17. The lowest BCUT2D eigenvalue weighted by Gasteiger charge is -2.02. The van der Waals surface area contributed by atoms with Gasteiger partial charge in [0.1, 0.15) is 13.1 Å². The highest BCUT2D eigenvalue weighted by Gasteiger charge is 2.14. The Bertz CT molecular complexity index is 1450. The van der Waals surface area contributed by atoms with Crippen molar-refractivity contribution in [3.63, 3.8) is 0 Å². The quantitative estimate of drug-likeness (QED) is 0.199. The van der Waals surface area contributed by atoms with Crippen LogP contribution in [0.25, 0.3) is 27.9 Å². The van der Waals surface area contributed by atoms with Crippen molar-refractivity contribution in [2.75, 3.05) is 0 Å². The van der Waals surface area contributed by atoms with E-state index in [-0.39, 0.29) is 10.6 Å². The molecular formula is C27H22N3O2+. The van der Waals surface area contributed by atoms with Crippen LogP contribution >= 0.6 is 0 Å². The van der Waals surface area contributed by atoms with Gasteiger partial charge in [-0.25, -0.2) is 9.13 Å². The monoisotopic (exact) mass is 420 g/mol. The molecule has 0 atom stereocenters. The van der Waals surface area contributed by atoms with Gasteiger partial charge in [0.05, 0.1) is 4.92 Å². The van der Waals surface area contributed by atoms with Crippen LogP contribution in [0.5, 0.6) is 0 Å². The van der Waals surface area contributed by atoms with Crippen molar-refractivity contribution in [2.45, 2.75) is 13.1 Å². The van der Waals surface area contributed by atoms with Gasteiger partial charge in [-0.05, 0) is 58.3 Å². The maximum Gasteiger partial charge on any atom is 0.269 e. The third kappa shape index (κ3) is 4.01. The second-order valence-corrected chi connectivity index (χ2v) is 7.82. The minimum atomic E-state index is -0.381. The third-order valence-electron chi connectivity index (χ3n) is 5.66. The smallest absolute Gasteiger partial charge is 0.258 e. The Morgan fingerprint density at radius 3 is 2.44 bits per heavy atom. The Balaban J connectivity index is 1.40. The van der Waals surface area contributed by atoms with E-state index in [1.54, 1.807) is 12.1 Å². The fraction of sp³-hybridized carbons (Fsp3) is 0.0741. The first kappa shape index (κ1) is 19.7. The highest BCUT2D eigenvalue weighted by Crippen LogP contribution is 2.17. The van der Waals surface area contributed by atoms with Gasteiger partial charge in [-0.1, -0.05) is 54.6 Å². The van der Waals surface area contributed by atoms with Crippen LogP contribution in [0.2, 0.25) is 0 Å². The van der Waals surface area contributed by atoms with Gasteiger partial charge >= 0.3 is 0 Å². The number of allylic oxidation sites excluding steroid dienone is 1. The molecule has 0 saturated heterocycles. The maximum atomic E-state index is 10.8. The van der Waals surface area contributed by atoms with Crippen LogP contribution in [0.1, 0.15) is 11.1 Å². The van der Waals surface area contributed by atoms with E-state index in [0.717, 1.165) is 12.1 Å². The number of nitro groups is 1. The first-order valence-corrected chi connectivity index (χ1v) is 10.5. The molecule has 0 bridgehead atoms. The van der Waals surface area contributed by atoms with Crippen molar-refractivity contribution >= 4 is 33.6 Å². The van der Waals surface area contributed by atoms with Crippen LogP contribution in [0.15, 0.2) is 103 Å². The molecule has 0 saturated carbocycles. The maximum absolute atomic E-state index is 10.8. The van der Waals surface area contributed by atoms with Gasteiger partial charge in [0, 0.05) is 12.1 Å². The molecule has 0 amide bonds. The van der Waals surface area contributed by atoms with Crippen molar-refractivity contribution in [3.8, 4) is 0 Å². The lowest BCUT2D eigenvalue weighted by molar-refractivity contribution is -0.663. The van der Waals surface area contributed by atoms with Crippen LogP contribution in [-0.2, 0) is 13.1 Å². The molecule has 0 unspecified atom stereocenters. The molecule has 0 aliphatic carbocycles. The van der Waals surface area contributed by atoms with Gasteiger partial charge in [0.25, 0.3) is 5.69 Å². The first-order chi connectivity index (χ1) is 15.7. The first-order valence-electron chi connectivity index (χ1n) is 10.5. The zero-order valence-corrected chi connectivity index (χ0v) is 17.5. The number of aromatic nitrogens is 2. The molecule has 0 spiro atoms. The molecule has 4 aromatic carbocycles. The van der Waals surface area contributed by atoms with E-state index in [1.807, 2.05) is 6.08 Å². The Kier molecular flexibility index (Phi) is 5.22. The van der Waals surface area contributed by atoms with Gasteiger partial charge in [-0.2, -0.15) is 0 Å². The minimum Gasteiger partial charge on any atom is -0.258 e. The summed E-state index contributed by atoms with van der Waals surface area (Å²) in [6.07, 6.45) is 6.22. The number of para-hydroxylation sites is 2. The van der Waals surface area contributed by atoms with Crippen molar-refractivity contribution in [3.05, 3.63) is 125 Å². The molecular weight excluding hydrogens is 398 g/mol. The van der Waals surface area contributed by atoms with E-state index < -0.39 is 0 Å². The lowest BCUT2D eigenvalue weighted by atomic mass is 10.1. The predicted molar refractivity (Wildman–Crippen MR) is 127 cm³/mol. The highest BCUT2D eigenvalue weighted by molar-refractivity contribution is 5.83. The van der Waals surface area contributed by atoms with Gasteiger partial charge in [-0.15, -0.1) is 0 Å². The number of hydrogen-bond donors (Lipinski definition) is 0. The van der Waals surface area contributed by atoms with E-state index in [0.29, 0.717) is 6.54 Å². The summed E-state index contributed by atoms with van der Waals surface area (Å²) in [4.78, 5) is 10.4. The van der Waals surface area contributed by atoms with Crippen LogP contribution in [0.3, 0.4) is 0 Å². The van der Waals surface area contributed by atoms with Crippen LogP contribution in [0, 0.1) is 10.1 Å². The summed E-state index contributed by atoms with van der Waals surface area (Å²) < 4.78 is 4.50. The van der Waals surface area contributed by atoms with E-state index in [1.165, 1.54) is 39.5 Å². The molecule has 0 radical (unpaired) electrons. The highest BCUT2D eigenvalue weighted by atomic mass is 16.6. The SMILES string of the molecule is O=[N+]([O-])c1ccc(/C=C/Cn2c[n+](Cc3ccc4ccccc4c3)c3ccccc32)cc1. The topological polar surface area (TPSA) is 52.0 Å². The summed E-state index contributed by atoms with van der Waals surface area (Å²) >= 11 is 0. The normalized spacial score (nSPS) is 11.5. The number of imidazole rings is 1. The third-order valence-corrected chi connectivity index (χ3v) is 5.66. The molecule has 0 aliphatic rings. The lowest BCUT2D eigenvalue weighted by Crippen LogP contribution is -2.32. The van der Waals surface area contributed by atoms with E-state index in [4.69, 9.17) is 0 Å². The van der Waals surface area contributed by atoms with Crippen LogP contribution < -0.4 is 4.57 Å². The molecule has 5 nitrogen and oxygen atoms in total. The molecule has 5 rings (SSSR count). The molecule has 0 N–H and O–H groups in total. The number of non-ortho nitro benzene ring substituents is 1. The van der Waals surface area contributed by atoms with E-state index in [9.17, 15) is 10.1 Å². The van der Waals surface area contributed by atoms with Crippen molar-refractivity contribution < 1.29 is 9.49 Å². The second-order valence-electron chi connectivity index (χ2n) is 7.82. The number of nitrogens with zero attached hydrogens (tertiary/aromatic N) is 3. The number of benzene rings is 4. The zero-order chi connectivity index (χ0) is 21.9. The molecule has 0 fully saturated rings. The number of fused-ring (bicyclic) bond motifs is 2. The zero-order valence-electron chi connectivity index (χ0n) is 17.5. The summed E-state index contributed by atoms with van der Waals surface area (Å²) in [6.45, 7) is 1.51. The summed E-state index contributed by atoms with van der Waals surface area (Å²) in [5, 5.41) is 13.3. The van der Waals surface area contributed by atoms with E-state index in [2.05, 4.69) is 88.3 Å². The average molecular weight is 420 g/mol. The fourth-order valence-corrected chi connectivity index (χ4v) is 4.06. The van der Waals surface area contributed by atoms with E-state index >= 15 is 0 Å². The minimum absolute atomic E-state index is 0.105.